The lowest BCUT2D eigenvalue weighted by atomic mass is 9.84. The fraction of sp³-hybridized carbons (Fsp3) is 0.629. The van der Waals surface area contributed by atoms with E-state index in [1.54, 1.807) is 18.9 Å². The molecule has 1 fully saturated rings. The van der Waals surface area contributed by atoms with Crippen molar-refractivity contribution < 1.29 is 28.5 Å². The highest BCUT2D eigenvalue weighted by molar-refractivity contribution is 7.98. The van der Waals surface area contributed by atoms with Crippen LogP contribution in [0.4, 0.5) is 10.5 Å². The van der Waals surface area contributed by atoms with Gasteiger partial charge in [-0.3, -0.25) is 0 Å². The highest BCUT2D eigenvalue weighted by Crippen LogP contribution is 2.46. The minimum absolute atomic E-state index is 0.105. The van der Waals surface area contributed by atoms with Crippen LogP contribution in [0.25, 0.3) is 0 Å². The lowest BCUT2D eigenvalue weighted by Crippen LogP contribution is -2.59. The SMILES string of the molecule is COCCCN1CCOc2ccc(CO[C@H]3CN(C(=O)O)C[C@@H](O[Si](C(C)C)(C(C)C)C(C)C)[C@@H]3c3ccc(SC)cc3)cc21. The fourth-order valence-electron chi connectivity index (χ4n) is 7.57. The van der Waals surface area contributed by atoms with Gasteiger partial charge in [-0.2, -0.15) is 0 Å². The molecule has 1 saturated heterocycles. The minimum atomic E-state index is -2.33. The number of anilines is 1. The number of thioether (sulfide) groups is 1. The summed E-state index contributed by atoms with van der Waals surface area (Å²) in [5.74, 6) is 0.779. The number of carboxylic acid groups (broad SMARTS) is 1. The van der Waals surface area contributed by atoms with Gasteiger partial charge >= 0.3 is 6.09 Å². The molecule has 0 aliphatic carbocycles. The fourth-order valence-corrected chi connectivity index (χ4v) is 13.5. The third-order valence-electron chi connectivity index (χ3n) is 9.66. The maximum atomic E-state index is 12.5. The van der Waals surface area contributed by atoms with Crippen LogP contribution in [-0.4, -0.2) is 89.4 Å². The molecule has 0 spiro atoms. The summed E-state index contributed by atoms with van der Waals surface area (Å²) < 4.78 is 25.4. The Bertz CT molecular complexity index is 1220. The number of amides is 1. The number of fused-ring (bicyclic) bond motifs is 1. The van der Waals surface area contributed by atoms with Crippen molar-refractivity contribution in [3.8, 4) is 5.75 Å². The van der Waals surface area contributed by atoms with Crippen LogP contribution in [0.3, 0.4) is 0 Å². The number of nitrogens with zero attached hydrogens (tertiary/aromatic N) is 2. The Morgan fingerprint density at radius 3 is 2.29 bits per heavy atom. The number of ether oxygens (including phenoxy) is 3. The molecule has 1 N–H and O–H groups in total. The average molecular weight is 659 g/mol. The van der Waals surface area contributed by atoms with Crippen LogP contribution >= 0.6 is 11.8 Å². The number of likely N-dealkylation sites (tertiary alicyclic amines) is 1. The molecule has 2 heterocycles. The molecule has 2 aromatic carbocycles. The van der Waals surface area contributed by atoms with E-state index >= 15 is 0 Å². The van der Waals surface area contributed by atoms with Gasteiger partial charge in [0.25, 0.3) is 0 Å². The lowest BCUT2D eigenvalue weighted by Gasteiger charge is -2.50. The number of methoxy groups -OCH3 is 1. The van der Waals surface area contributed by atoms with Gasteiger partial charge in [0, 0.05) is 37.6 Å². The molecule has 10 heteroatoms. The Balaban J connectivity index is 1.68. The number of carbonyl (C=O) groups is 1. The van der Waals surface area contributed by atoms with Crippen LogP contribution in [0.5, 0.6) is 5.75 Å². The topological polar surface area (TPSA) is 80.7 Å². The summed E-state index contributed by atoms with van der Waals surface area (Å²) in [7, 11) is -0.602. The Morgan fingerprint density at radius 1 is 1.02 bits per heavy atom. The zero-order chi connectivity index (χ0) is 32.7. The normalized spacial score (nSPS) is 20.6. The predicted molar refractivity (Wildman–Crippen MR) is 186 cm³/mol. The number of piperidine rings is 1. The van der Waals surface area contributed by atoms with Crippen molar-refractivity contribution in [3.05, 3.63) is 53.6 Å². The number of hydrogen-bond acceptors (Lipinski definition) is 7. The quantitative estimate of drug-likeness (QED) is 0.125. The first-order chi connectivity index (χ1) is 21.5. The molecule has 2 aliphatic heterocycles. The molecule has 45 heavy (non-hydrogen) atoms. The van der Waals surface area contributed by atoms with Crippen LogP contribution in [0.15, 0.2) is 47.4 Å². The third kappa shape index (κ3) is 8.19. The molecule has 2 aliphatic rings. The van der Waals surface area contributed by atoms with Gasteiger partial charge in [-0.1, -0.05) is 59.7 Å². The molecule has 0 bridgehead atoms. The van der Waals surface area contributed by atoms with Crippen molar-refractivity contribution in [1.82, 2.24) is 4.90 Å². The Labute approximate surface area is 275 Å². The number of rotatable bonds is 14. The molecule has 0 unspecified atom stereocenters. The summed E-state index contributed by atoms with van der Waals surface area (Å²) in [6.45, 7) is 17.8. The van der Waals surface area contributed by atoms with E-state index in [4.69, 9.17) is 18.6 Å². The molecular weight excluding hydrogens is 605 g/mol. The first-order valence-electron chi connectivity index (χ1n) is 16.4. The second-order valence-electron chi connectivity index (χ2n) is 13.3. The highest BCUT2D eigenvalue weighted by Gasteiger charge is 2.50. The van der Waals surface area contributed by atoms with Crippen molar-refractivity contribution in [2.45, 2.75) is 94.2 Å². The second-order valence-corrected chi connectivity index (χ2v) is 19.6. The summed E-state index contributed by atoms with van der Waals surface area (Å²) in [6.07, 6.45) is 1.40. The predicted octanol–water partition coefficient (Wildman–Crippen LogP) is 7.87. The molecule has 3 atom stereocenters. The number of benzene rings is 2. The summed E-state index contributed by atoms with van der Waals surface area (Å²) in [6, 6.07) is 14.9. The van der Waals surface area contributed by atoms with E-state index in [0.29, 0.717) is 49.5 Å². The van der Waals surface area contributed by atoms with E-state index < -0.39 is 14.4 Å². The molecule has 1 amide bonds. The van der Waals surface area contributed by atoms with Crippen molar-refractivity contribution in [3.63, 3.8) is 0 Å². The van der Waals surface area contributed by atoms with E-state index in [2.05, 4.69) is 89.1 Å². The van der Waals surface area contributed by atoms with Crippen LogP contribution in [0, 0.1) is 0 Å². The molecule has 4 rings (SSSR count). The van der Waals surface area contributed by atoms with Crippen molar-refractivity contribution >= 4 is 31.9 Å². The van der Waals surface area contributed by atoms with E-state index in [1.165, 1.54) is 9.80 Å². The first-order valence-corrected chi connectivity index (χ1v) is 19.8. The third-order valence-corrected chi connectivity index (χ3v) is 16.5. The minimum Gasteiger partial charge on any atom is -0.490 e. The molecule has 0 radical (unpaired) electrons. The van der Waals surface area contributed by atoms with Crippen LogP contribution in [-0.2, 0) is 20.5 Å². The highest BCUT2D eigenvalue weighted by atomic mass is 32.2. The Kier molecular flexibility index (Phi) is 12.7. The van der Waals surface area contributed by atoms with Gasteiger partial charge in [0.1, 0.15) is 12.4 Å². The first kappa shape index (κ1) is 35.6. The van der Waals surface area contributed by atoms with E-state index in [9.17, 15) is 9.90 Å². The summed E-state index contributed by atoms with van der Waals surface area (Å²) in [5, 5.41) is 10.3. The lowest BCUT2D eigenvalue weighted by molar-refractivity contribution is -0.0630. The molecule has 250 valence electrons. The van der Waals surface area contributed by atoms with Gasteiger partial charge in [0.05, 0.1) is 37.6 Å². The van der Waals surface area contributed by atoms with E-state index in [0.717, 1.165) is 42.1 Å². The summed E-state index contributed by atoms with van der Waals surface area (Å²) >= 11 is 1.71. The average Bonchev–Trinajstić information content (AvgIpc) is 3.02. The molecule has 0 aromatic heterocycles. The van der Waals surface area contributed by atoms with Gasteiger partial charge in [-0.15, -0.1) is 11.8 Å². The van der Waals surface area contributed by atoms with Crippen LogP contribution < -0.4 is 9.64 Å². The Hall–Kier alpha value is -2.24. The van der Waals surface area contributed by atoms with E-state index in [1.807, 2.05) is 6.07 Å². The maximum absolute atomic E-state index is 12.5. The van der Waals surface area contributed by atoms with Gasteiger partial charge in [-0.05, 0) is 64.7 Å². The van der Waals surface area contributed by atoms with Gasteiger partial charge in [0.15, 0.2) is 0 Å². The van der Waals surface area contributed by atoms with Crippen LogP contribution in [0.2, 0.25) is 16.6 Å². The largest absolute Gasteiger partial charge is 0.490 e. The van der Waals surface area contributed by atoms with Crippen LogP contribution in [0.1, 0.15) is 65.0 Å². The van der Waals surface area contributed by atoms with Gasteiger partial charge < -0.3 is 33.5 Å². The summed E-state index contributed by atoms with van der Waals surface area (Å²) in [4.78, 5) is 17.6. The second kappa shape index (κ2) is 16.0. The van der Waals surface area contributed by atoms with Crippen molar-refractivity contribution in [2.24, 2.45) is 0 Å². The maximum Gasteiger partial charge on any atom is 0.407 e. The van der Waals surface area contributed by atoms with Gasteiger partial charge in [-0.25, -0.2) is 4.79 Å². The summed E-state index contributed by atoms with van der Waals surface area (Å²) in [5.41, 5.74) is 4.37. The smallest absolute Gasteiger partial charge is 0.407 e. The van der Waals surface area contributed by atoms with Crippen molar-refractivity contribution in [1.29, 1.82) is 0 Å². The van der Waals surface area contributed by atoms with Gasteiger partial charge in [0.2, 0.25) is 8.32 Å². The molecule has 0 saturated carbocycles. The number of hydrogen-bond donors (Lipinski definition) is 1. The monoisotopic (exact) mass is 658 g/mol. The molecule has 8 nitrogen and oxygen atoms in total. The standard InChI is InChI=1S/C35H54N2O6SSi/c1-24(2)45(25(3)4,26(5)6)43-33-22-37(35(38)39)21-32(34(33)28-11-13-29(44-8)14-12-28)42-23-27-10-15-31-30(20-27)36(17-19-41-31)16-9-18-40-7/h10-15,20,24-26,32-34H,9,16-19,21-23H2,1-8H3,(H,38,39)/t32-,33+,34+/m0/s1. The molecule has 2 aromatic rings. The zero-order valence-electron chi connectivity index (χ0n) is 28.5. The molecular formula is C35H54N2O6SSi. The Morgan fingerprint density at radius 2 is 1.69 bits per heavy atom. The van der Waals surface area contributed by atoms with E-state index in [-0.39, 0.29) is 18.1 Å². The van der Waals surface area contributed by atoms with Crippen molar-refractivity contribution in [2.75, 3.05) is 57.7 Å². The zero-order valence-corrected chi connectivity index (χ0v) is 30.3.